The Morgan fingerprint density at radius 1 is 0.933 bits per heavy atom. The molecule has 1 heterocycles. The van der Waals surface area contributed by atoms with Gasteiger partial charge in [-0.2, -0.15) is 9.89 Å². The number of halogens is 1. The van der Waals surface area contributed by atoms with Gasteiger partial charge in [0.05, 0.1) is 37.8 Å². The lowest BCUT2D eigenvalue weighted by atomic mass is 10.1. The molecule has 0 saturated heterocycles. The summed E-state index contributed by atoms with van der Waals surface area (Å²) in [5, 5.41) is 7.53. The van der Waals surface area contributed by atoms with Crippen molar-refractivity contribution < 1.29 is 18.6 Å². The number of nitrogens with two attached hydrogens (primary N) is 1. The van der Waals surface area contributed by atoms with E-state index in [4.69, 9.17) is 20.1 Å². The van der Waals surface area contributed by atoms with Crippen molar-refractivity contribution in [1.29, 1.82) is 0 Å². The number of aromatic nitrogens is 2. The van der Waals surface area contributed by atoms with E-state index in [0.29, 0.717) is 32.2 Å². The Kier molecular flexibility index (Phi) is 8.05. The first-order valence-electron chi connectivity index (χ1n) is 9.79. The van der Waals surface area contributed by atoms with E-state index >= 15 is 0 Å². The number of rotatable bonds is 12. The highest BCUT2D eigenvalue weighted by Gasteiger charge is 2.11. The average molecular weight is 414 g/mol. The van der Waals surface area contributed by atoms with Crippen molar-refractivity contribution in [2.24, 2.45) is 0 Å². The lowest BCUT2D eigenvalue weighted by Crippen LogP contribution is -2.12. The molecule has 3 aromatic rings. The van der Waals surface area contributed by atoms with Crippen LogP contribution in [0.3, 0.4) is 0 Å². The fourth-order valence-corrected chi connectivity index (χ4v) is 2.90. The second-order valence-electron chi connectivity index (χ2n) is 6.48. The van der Waals surface area contributed by atoms with Crippen LogP contribution in [-0.4, -0.2) is 56.6 Å². The van der Waals surface area contributed by atoms with Gasteiger partial charge >= 0.3 is 0 Å². The van der Waals surface area contributed by atoms with Crippen LogP contribution in [0.25, 0.3) is 22.5 Å². The summed E-state index contributed by atoms with van der Waals surface area (Å²) in [4.78, 5) is 1.38. The molecule has 0 radical (unpaired) electrons. The normalized spacial score (nSPS) is 10.9. The van der Waals surface area contributed by atoms with Gasteiger partial charge in [0.15, 0.2) is 0 Å². The summed E-state index contributed by atoms with van der Waals surface area (Å²) in [7, 11) is 1.88. The monoisotopic (exact) mass is 414 g/mol. The summed E-state index contributed by atoms with van der Waals surface area (Å²) in [5.74, 6) is 6.82. The Morgan fingerprint density at radius 2 is 1.67 bits per heavy atom. The summed E-state index contributed by atoms with van der Waals surface area (Å²) in [6.45, 7) is 1.23. The zero-order valence-corrected chi connectivity index (χ0v) is 17.0. The van der Waals surface area contributed by atoms with Gasteiger partial charge in [-0.05, 0) is 30.3 Å². The Balaban J connectivity index is 1.58. The van der Waals surface area contributed by atoms with E-state index in [1.165, 1.54) is 4.79 Å². The number of hydrogen-bond donors (Lipinski definition) is 2. The zero-order valence-electron chi connectivity index (χ0n) is 17.0. The molecule has 1 aromatic heterocycles. The molecule has 0 fully saturated rings. The predicted octanol–water partition coefficient (Wildman–Crippen LogP) is 3.35. The van der Waals surface area contributed by atoms with Crippen LogP contribution in [0.2, 0.25) is 0 Å². The molecule has 0 aliphatic rings. The lowest BCUT2D eigenvalue weighted by molar-refractivity contribution is 0.0325. The zero-order chi connectivity index (χ0) is 21.2. The number of anilines is 1. The topological polar surface area (TPSA) is 83.6 Å². The second-order valence-corrected chi connectivity index (χ2v) is 6.48. The third kappa shape index (κ3) is 5.95. The molecule has 3 N–H and O–H groups in total. The molecule has 160 valence electrons. The van der Waals surface area contributed by atoms with E-state index < -0.39 is 6.67 Å². The Hall–Kier alpha value is -3.10. The minimum Gasteiger partial charge on any atom is -0.491 e. The molecule has 0 aliphatic heterocycles. The average Bonchev–Trinajstić information content (AvgIpc) is 3.17. The van der Waals surface area contributed by atoms with E-state index in [1.807, 2.05) is 61.6 Å². The largest absolute Gasteiger partial charge is 0.491 e. The van der Waals surface area contributed by atoms with E-state index in [2.05, 4.69) is 10.4 Å². The van der Waals surface area contributed by atoms with Crippen molar-refractivity contribution in [2.75, 3.05) is 57.9 Å². The van der Waals surface area contributed by atoms with Gasteiger partial charge in [0, 0.05) is 23.9 Å². The predicted molar refractivity (Wildman–Crippen MR) is 116 cm³/mol. The highest BCUT2D eigenvalue weighted by atomic mass is 19.1. The fraction of sp³-hybridized carbons (Fsp3) is 0.318. The van der Waals surface area contributed by atoms with E-state index in [1.54, 1.807) is 0 Å². The molecule has 0 spiro atoms. The smallest absolute Gasteiger partial charge is 0.120 e. The van der Waals surface area contributed by atoms with Crippen LogP contribution in [0.1, 0.15) is 0 Å². The van der Waals surface area contributed by atoms with Crippen molar-refractivity contribution in [3.8, 4) is 28.3 Å². The molecular formula is C22H27FN4O3. The highest BCUT2D eigenvalue weighted by molar-refractivity contribution is 5.70. The highest BCUT2D eigenvalue weighted by Crippen LogP contribution is 2.28. The first kappa shape index (κ1) is 21.6. The van der Waals surface area contributed by atoms with Crippen molar-refractivity contribution in [3.05, 3.63) is 54.6 Å². The quantitative estimate of drug-likeness (QED) is 0.349. The Morgan fingerprint density at radius 3 is 2.40 bits per heavy atom. The standard InChI is InChI=1S/C22H27FN4O3/c1-25-19-7-5-17(6-8-19)21-16-22(27(24)26-21)18-3-2-4-20(15-18)30-14-13-29-12-11-28-10-9-23/h2-8,15-16,25H,9-14,24H2,1H3. The van der Waals surface area contributed by atoms with Gasteiger partial charge in [-0.3, -0.25) is 0 Å². The number of nitrogens with one attached hydrogen (secondary N) is 1. The summed E-state index contributed by atoms with van der Waals surface area (Å²) in [6.07, 6.45) is 0. The minimum atomic E-state index is -0.481. The van der Waals surface area contributed by atoms with Crippen LogP contribution < -0.4 is 15.9 Å². The van der Waals surface area contributed by atoms with Gasteiger partial charge in [-0.25, -0.2) is 4.39 Å². The maximum Gasteiger partial charge on any atom is 0.120 e. The third-order valence-electron chi connectivity index (χ3n) is 4.42. The van der Waals surface area contributed by atoms with E-state index in [9.17, 15) is 4.39 Å². The second kappa shape index (κ2) is 11.2. The van der Waals surface area contributed by atoms with E-state index in [0.717, 1.165) is 28.2 Å². The third-order valence-corrected chi connectivity index (χ3v) is 4.42. The Bertz CT molecular complexity index is 915. The molecule has 0 aliphatic carbocycles. The number of ether oxygens (including phenoxy) is 3. The number of benzene rings is 2. The van der Waals surface area contributed by atoms with Gasteiger partial charge < -0.3 is 25.4 Å². The Labute approximate surface area is 175 Å². The molecule has 2 aromatic carbocycles. The number of hydrogen-bond acceptors (Lipinski definition) is 6. The summed E-state index contributed by atoms with van der Waals surface area (Å²) >= 11 is 0. The molecular weight excluding hydrogens is 387 g/mol. The number of nitrogen functional groups attached to an aromatic ring is 1. The molecule has 8 heteroatoms. The first-order valence-corrected chi connectivity index (χ1v) is 9.79. The van der Waals surface area contributed by atoms with Crippen molar-refractivity contribution in [3.63, 3.8) is 0 Å². The molecule has 3 rings (SSSR count). The van der Waals surface area contributed by atoms with Gasteiger partial charge in [-0.1, -0.05) is 24.3 Å². The molecule has 0 atom stereocenters. The summed E-state index contributed by atoms with van der Waals surface area (Å²) < 4.78 is 28.1. The summed E-state index contributed by atoms with van der Waals surface area (Å²) in [6, 6.07) is 17.6. The molecule has 0 unspecified atom stereocenters. The van der Waals surface area contributed by atoms with Gasteiger partial charge in [0.1, 0.15) is 19.0 Å². The van der Waals surface area contributed by atoms with Crippen LogP contribution in [0.5, 0.6) is 5.75 Å². The fourth-order valence-electron chi connectivity index (χ4n) is 2.90. The SMILES string of the molecule is CNc1ccc(-c2cc(-c3cccc(OCCOCCOCCF)c3)n(N)n2)cc1. The maximum atomic E-state index is 11.9. The van der Waals surface area contributed by atoms with Gasteiger partial charge in [0.25, 0.3) is 0 Å². The van der Waals surface area contributed by atoms with Crippen molar-refractivity contribution in [1.82, 2.24) is 9.89 Å². The van der Waals surface area contributed by atoms with Crippen LogP contribution in [0.4, 0.5) is 10.1 Å². The maximum absolute atomic E-state index is 11.9. The molecule has 7 nitrogen and oxygen atoms in total. The summed E-state index contributed by atoms with van der Waals surface area (Å²) in [5.41, 5.74) is 4.51. The van der Waals surface area contributed by atoms with Crippen LogP contribution >= 0.6 is 0 Å². The van der Waals surface area contributed by atoms with Crippen LogP contribution in [0.15, 0.2) is 54.6 Å². The van der Waals surface area contributed by atoms with Gasteiger partial charge in [-0.15, -0.1) is 0 Å². The van der Waals surface area contributed by atoms with Crippen molar-refractivity contribution in [2.45, 2.75) is 0 Å². The lowest BCUT2D eigenvalue weighted by Gasteiger charge is -2.09. The van der Waals surface area contributed by atoms with Crippen molar-refractivity contribution >= 4 is 5.69 Å². The molecule has 30 heavy (non-hydrogen) atoms. The first-order chi connectivity index (χ1) is 14.7. The number of nitrogens with zero attached hydrogens (tertiary/aromatic N) is 2. The number of alkyl halides is 1. The molecule has 0 amide bonds. The molecule has 0 bridgehead atoms. The van der Waals surface area contributed by atoms with Crippen LogP contribution in [-0.2, 0) is 9.47 Å². The van der Waals surface area contributed by atoms with Crippen LogP contribution in [0, 0.1) is 0 Å². The van der Waals surface area contributed by atoms with E-state index in [-0.39, 0.29) is 6.61 Å². The molecule has 0 saturated carbocycles. The minimum absolute atomic E-state index is 0.105. The van der Waals surface area contributed by atoms with Gasteiger partial charge in [0.2, 0.25) is 0 Å².